The molecule has 19 heavy (non-hydrogen) atoms. The van der Waals surface area contributed by atoms with Crippen molar-refractivity contribution in [2.45, 2.75) is 13.0 Å². The van der Waals surface area contributed by atoms with Crippen molar-refractivity contribution in [3.8, 4) is 0 Å². The summed E-state index contributed by atoms with van der Waals surface area (Å²) in [5, 5.41) is 17.8. The van der Waals surface area contributed by atoms with Crippen LogP contribution in [0.15, 0.2) is 30.3 Å². The number of carboxylic acids is 1. The smallest absolute Gasteiger partial charge is 0.328 e. The SMILES string of the molecule is O=C(O)/C=C/c1ccccc1CN1CCC(CO)C1. The van der Waals surface area contributed by atoms with E-state index in [-0.39, 0.29) is 6.61 Å². The van der Waals surface area contributed by atoms with Crippen LogP contribution in [0.2, 0.25) is 0 Å². The topological polar surface area (TPSA) is 60.8 Å². The number of aliphatic carboxylic acids is 1. The predicted octanol–water partition coefficient (Wildman–Crippen LogP) is 1.60. The minimum atomic E-state index is -0.934. The minimum Gasteiger partial charge on any atom is -0.478 e. The lowest BCUT2D eigenvalue weighted by Crippen LogP contribution is -2.21. The standard InChI is InChI=1S/C15H19NO3/c17-11-12-7-8-16(9-12)10-14-4-2-1-3-13(14)5-6-15(18)19/h1-6,12,17H,7-11H2,(H,18,19)/b6-5+. The highest BCUT2D eigenvalue weighted by Gasteiger charge is 2.21. The van der Waals surface area contributed by atoms with Gasteiger partial charge in [0.2, 0.25) is 0 Å². The van der Waals surface area contributed by atoms with Gasteiger partial charge in [-0.3, -0.25) is 4.90 Å². The van der Waals surface area contributed by atoms with Gasteiger partial charge < -0.3 is 10.2 Å². The molecule has 2 N–H and O–H groups in total. The normalized spacial score (nSPS) is 20.2. The van der Waals surface area contributed by atoms with Crippen LogP contribution in [-0.4, -0.2) is 40.8 Å². The summed E-state index contributed by atoms with van der Waals surface area (Å²) in [6, 6.07) is 7.82. The van der Waals surface area contributed by atoms with Gasteiger partial charge in [-0.25, -0.2) is 4.79 Å². The maximum absolute atomic E-state index is 10.6. The van der Waals surface area contributed by atoms with E-state index in [4.69, 9.17) is 10.2 Å². The number of likely N-dealkylation sites (tertiary alicyclic amines) is 1. The van der Waals surface area contributed by atoms with Crippen molar-refractivity contribution in [3.63, 3.8) is 0 Å². The quantitative estimate of drug-likeness (QED) is 0.790. The molecule has 1 aliphatic rings. The van der Waals surface area contributed by atoms with E-state index in [1.807, 2.05) is 24.3 Å². The van der Waals surface area contributed by atoms with E-state index in [9.17, 15) is 4.79 Å². The van der Waals surface area contributed by atoms with Gasteiger partial charge in [0.25, 0.3) is 0 Å². The molecule has 1 heterocycles. The molecule has 1 aromatic carbocycles. The number of hydrogen-bond acceptors (Lipinski definition) is 3. The van der Waals surface area contributed by atoms with Gasteiger partial charge in [-0.1, -0.05) is 24.3 Å². The van der Waals surface area contributed by atoms with Crippen LogP contribution in [0, 0.1) is 5.92 Å². The molecule has 1 unspecified atom stereocenters. The van der Waals surface area contributed by atoms with Crippen LogP contribution in [0.3, 0.4) is 0 Å². The van der Waals surface area contributed by atoms with Gasteiger partial charge >= 0.3 is 5.97 Å². The number of carboxylic acid groups (broad SMARTS) is 1. The van der Waals surface area contributed by atoms with Gasteiger partial charge in [-0.2, -0.15) is 0 Å². The van der Waals surface area contributed by atoms with Crippen molar-refractivity contribution >= 4 is 12.0 Å². The Morgan fingerprint density at radius 2 is 2.21 bits per heavy atom. The Bertz CT molecular complexity index is 470. The van der Waals surface area contributed by atoms with E-state index in [1.165, 1.54) is 6.08 Å². The van der Waals surface area contributed by atoms with E-state index in [0.717, 1.165) is 37.2 Å². The Morgan fingerprint density at radius 1 is 1.42 bits per heavy atom. The highest BCUT2D eigenvalue weighted by molar-refractivity contribution is 5.85. The van der Waals surface area contributed by atoms with E-state index < -0.39 is 5.97 Å². The predicted molar refractivity (Wildman–Crippen MR) is 73.6 cm³/mol. The van der Waals surface area contributed by atoms with Crippen molar-refractivity contribution in [1.29, 1.82) is 0 Å². The fourth-order valence-electron chi connectivity index (χ4n) is 2.45. The van der Waals surface area contributed by atoms with Crippen LogP contribution in [0.5, 0.6) is 0 Å². The van der Waals surface area contributed by atoms with E-state index in [2.05, 4.69) is 4.90 Å². The zero-order valence-corrected chi connectivity index (χ0v) is 10.8. The lowest BCUT2D eigenvalue weighted by Gasteiger charge is -2.17. The van der Waals surface area contributed by atoms with Crippen LogP contribution in [0.25, 0.3) is 6.08 Å². The summed E-state index contributed by atoms with van der Waals surface area (Å²) in [7, 11) is 0. The number of benzene rings is 1. The zero-order chi connectivity index (χ0) is 13.7. The van der Waals surface area contributed by atoms with Crippen LogP contribution in [-0.2, 0) is 11.3 Å². The molecular formula is C15H19NO3. The van der Waals surface area contributed by atoms with Crippen molar-refractivity contribution in [1.82, 2.24) is 4.90 Å². The van der Waals surface area contributed by atoms with Crippen molar-refractivity contribution in [2.24, 2.45) is 5.92 Å². The summed E-state index contributed by atoms with van der Waals surface area (Å²) in [6.07, 6.45) is 3.83. The summed E-state index contributed by atoms with van der Waals surface area (Å²) in [6.45, 7) is 2.95. The van der Waals surface area contributed by atoms with Gasteiger partial charge in [0.05, 0.1) is 0 Å². The molecule has 4 nitrogen and oxygen atoms in total. The first-order valence-corrected chi connectivity index (χ1v) is 6.51. The second kappa shape index (κ2) is 6.50. The Kier molecular flexibility index (Phi) is 4.71. The summed E-state index contributed by atoms with van der Waals surface area (Å²) in [5.74, 6) is -0.557. The van der Waals surface area contributed by atoms with Gasteiger partial charge in [0.1, 0.15) is 0 Å². The molecule has 0 spiro atoms. The average molecular weight is 261 g/mol. The first-order valence-electron chi connectivity index (χ1n) is 6.51. The summed E-state index contributed by atoms with van der Waals surface area (Å²) in [4.78, 5) is 12.9. The summed E-state index contributed by atoms with van der Waals surface area (Å²) < 4.78 is 0. The molecule has 0 aliphatic carbocycles. The maximum Gasteiger partial charge on any atom is 0.328 e. The van der Waals surface area contributed by atoms with Crippen molar-refractivity contribution < 1.29 is 15.0 Å². The highest BCUT2D eigenvalue weighted by Crippen LogP contribution is 2.20. The molecule has 0 bridgehead atoms. The maximum atomic E-state index is 10.6. The fourth-order valence-corrected chi connectivity index (χ4v) is 2.45. The van der Waals surface area contributed by atoms with Gasteiger partial charge in [-0.05, 0) is 36.1 Å². The lowest BCUT2D eigenvalue weighted by atomic mass is 10.1. The Hall–Kier alpha value is -1.65. The molecule has 1 aliphatic heterocycles. The Labute approximate surface area is 113 Å². The summed E-state index contributed by atoms with van der Waals surface area (Å²) in [5.41, 5.74) is 2.07. The van der Waals surface area contributed by atoms with E-state index in [0.29, 0.717) is 5.92 Å². The average Bonchev–Trinajstić information content (AvgIpc) is 2.85. The molecule has 2 rings (SSSR count). The van der Waals surface area contributed by atoms with E-state index in [1.54, 1.807) is 6.08 Å². The lowest BCUT2D eigenvalue weighted by molar-refractivity contribution is -0.131. The number of aliphatic hydroxyl groups excluding tert-OH is 1. The number of aliphatic hydroxyl groups is 1. The fraction of sp³-hybridized carbons (Fsp3) is 0.400. The molecule has 4 heteroatoms. The minimum absolute atomic E-state index is 0.247. The number of carbonyl (C=O) groups is 1. The van der Waals surface area contributed by atoms with Crippen molar-refractivity contribution in [2.75, 3.05) is 19.7 Å². The molecule has 1 atom stereocenters. The van der Waals surface area contributed by atoms with Crippen LogP contribution >= 0.6 is 0 Å². The first-order chi connectivity index (χ1) is 9.19. The Morgan fingerprint density at radius 3 is 2.89 bits per heavy atom. The summed E-state index contributed by atoms with van der Waals surface area (Å²) >= 11 is 0. The van der Waals surface area contributed by atoms with Gasteiger partial charge in [0, 0.05) is 25.8 Å². The molecule has 1 saturated heterocycles. The number of nitrogens with zero attached hydrogens (tertiary/aromatic N) is 1. The first kappa shape index (κ1) is 13.8. The zero-order valence-electron chi connectivity index (χ0n) is 10.8. The molecule has 0 amide bonds. The van der Waals surface area contributed by atoms with Crippen LogP contribution in [0.4, 0.5) is 0 Å². The molecule has 1 aromatic rings. The Balaban J connectivity index is 2.06. The molecule has 102 valence electrons. The van der Waals surface area contributed by atoms with Crippen LogP contribution in [0.1, 0.15) is 17.5 Å². The second-order valence-corrected chi connectivity index (χ2v) is 4.94. The molecule has 0 saturated carbocycles. The molecular weight excluding hydrogens is 242 g/mol. The third kappa shape index (κ3) is 3.91. The molecule has 0 radical (unpaired) electrons. The second-order valence-electron chi connectivity index (χ2n) is 4.94. The molecule has 1 fully saturated rings. The molecule has 0 aromatic heterocycles. The van der Waals surface area contributed by atoms with Gasteiger partial charge in [0.15, 0.2) is 0 Å². The van der Waals surface area contributed by atoms with Crippen LogP contribution < -0.4 is 0 Å². The number of rotatable bonds is 5. The number of hydrogen-bond donors (Lipinski definition) is 2. The van der Waals surface area contributed by atoms with E-state index >= 15 is 0 Å². The largest absolute Gasteiger partial charge is 0.478 e. The highest BCUT2D eigenvalue weighted by atomic mass is 16.4. The van der Waals surface area contributed by atoms with Crippen molar-refractivity contribution in [3.05, 3.63) is 41.5 Å². The third-order valence-corrected chi connectivity index (χ3v) is 3.48. The third-order valence-electron chi connectivity index (χ3n) is 3.48. The van der Waals surface area contributed by atoms with Gasteiger partial charge in [-0.15, -0.1) is 0 Å². The monoisotopic (exact) mass is 261 g/mol.